The maximum absolute atomic E-state index is 14.6. The number of nitrogens with zero attached hydrogens (tertiary/aromatic N) is 1. The summed E-state index contributed by atoms with van der Waals surface area (Å²) in [6.07, 6.45) is 1.27. The number of halogens is 1. The Bertz CT molecular complexity index is 1620. The summed E-state index contributed by atoms with van der Waals surface area (Å²) in [6, 6.07) is 14.6. The van der Waals surface area contributed by atoms with Gasteiger partial charge in [-0.1, -0.05) is 12.1 Å². The Balaban J connectivity index is 1.19. The molecule has 0 spiro atoms. The lowest BCUT2D eigenvalue weighted by Gasteiger charge is -2.39. The van der Waals surface area contributed by atoms with Crippen LogP contribution in [0.25, 0.3) is 0 Å². The molecule has 242 valence electrons. The molecule has 2 atom stereocenters. The number of amides is 3. The van der Waals surface area contributed by atoms with Crippen molar-refractivity contribution >= 4 is 17.7 Å². The van der Waals surface area contributed by atoms with Gasteiger partial charge in [0.25, 0.3) is 5.91 Å². The highest BCUT2D eigenvalue weighted by Crippen LogP contribution is 2.33. The molecule has 11 nitrogen and oxygen atoms in total. The second-order valence-corrected chi connectivity index (χ2v) is 11.5. The van der Waals surface area contributed by atoms with Gasteiger partial charge in [0.15, 0.2) is 29.6 Å². The van der Waals surface area contributed by atoms with E-state index in [2.05, 4.69) is 10.6 Å². The third-order valence-electron chi connectivity index (χ3n) is 8.25. The lowest BCUT2D eigenvalue weighted by molar-refractivity contribution is -0.135. The Labute approximate surface area is 265 Å². The average molecular weight is 634 g/mol. The maximum Gasteiger partial charge on any atom is 0.258 e. The van der Waals surface area contributed by atoms with E-state index in [1.807, 2.05) is 24.3 Å². The molecule has 3 aromatic carbocycles. The predicted molar refractivity (Wildman–Crippen MR) is 163 cm³/mol. The first-order chi connectivity index (χ1) is 22.3. The van der Waals surface area contributed by atoms with Crippen LogP contribution in [0.2, 0.25) is 0 Å². The minimum absolute atomic E-state index is 0.0635. The highest BCUT2D eigenvalue weighted by atomic mass is 19.1. The number of methoxy groups -OCH3 is 1. The summed E-state index contributed by atoms with van der Waals surface area (Å²) in [5.41, 5.74) is 2.33. The van der Waals surface area contributed by atoms with Crippen LogP contribution in [0.5, 0.6) is 28.7 Å². The predicted octanol–water partition coefficient (Wildman–Crippen LogP) is 3.30. The van der Waals surface area contributed by atoms with Crippen LogP contribution in [0.15, 0.2) is 54.6 Å². The molecule has 3 aromatic rings. The number of piperidine rings is 1. The van der Waals surface area contributed by atoms with Crippen molar-refractivity contribution in [2.45, 2.75) is 50.8 Å². The molecule has 0 aromatic heterocycles. The fourth-order valence-electron chi connectivity index (χ4n) is 5.84. The number of carbonyl (C=O) groups excluding carboxylic acids is 3. The van der Waals surface area contributed by atoms with Gasteiger partial charge in [-0.15, -0.1) is 0 Å². The van der Waals surface area contributed by atoms with Crippen LogP contribution in [-0.4, -0.2) is 68.4 Å². The van der Waals surface area contributed by atoms with Gasteiger partial charge >= 0.3 is 0 Å². The number of benzene rings is 3. The summed E-state index contributed by atoms with van der Waals surface area (Å²) >= 11 is 0. The molecule has 6 rings (SSSR count). The van der Waals surface area contributed by atoms with E-state index in [-0.39, 0.29) is 56.9 Å². The van der Waals surface area contributed by atoms with Crippen LogP contribution >= 0.6 is 0 Å². The largest absolute Gasteiger partial charge is 0.493 e. The summed E-state index contributed by atoms with van der Waals surface area (Å²) < 4.78 is 42.9. The zero-order valence-corrected chi connectivity index (χ0v) is 25.5. The highest BCUT2D eigenvalue weighted by Gasteiger charge is 2.34. The van der Waals surface area contributed by atoms with Crippen LogP contribution in [0.1, 0.15) is 36.0 Å². The zero-order valence-electron chi connectivity index (χ0n) is 25.5. The molecule has 0 unspecified atom stereocenters. The van der Waals surface area contributed by atoms with Crippen molar-refractivity contribution in [3.05, 3.63) is 77.1 Å². The quantitative estimate of drug-likeness (QED) is 0.449. The van der Waals surface area contributed by atoms with Gasteiger partial charge in [0, 0.05) is 45.0 Å². The van der Waals surface area contributed by atoms with E-state index in [4.69, 9.17) is 23.7 Å². The topological polar surface area (TPSA) is 125 Å². The van der Waals surface area contributed by atoms with Crippen LogP contribution < -0.4 is 34.3 Å². The van der Waals surface area contributed by atoms with Crippen molar-refractivity contribution < 1.29 is 42.5 Å². The fraction of sp³-hybridized carbons (Fsp3) is 0.382. The fourth-order valence-corrected chi connectivity index (χ4v) is 5.84. The smallest absolute Gasteiger partial charge is 0.258 e. The molecule has 2 N–H and O–H groups in total. The van der Waals surface area contributed by atoms with Crippen molar-refractivity contribution in [1.29, 1.82) is 0 Å². The number of carbonyl (C=O) groups is 3. The number of hydrogen-bond donors (Lipinski definition) is 2. The van der Waals surface area contributed by atoms with E-state index in [0.717, 1.165) is 11.1 Å². The number of fused-ring (bicyclic) bond motifs is 6. The molecule has 3 aliphatic heterocycles. The Kier molecular flexibility index (Phi) is 9.41. The van der Waals surface area contributed by atoms with E-state index < -0.39 is 23.9 Å². The molecule has 0 aliphatic carbocycles. The Morgan fingerprint density at radius 3 is 2.70 bits per heavy atom. The van der Waals surface area contributed by atoms with Crippen molar-refractivity contribution in [2.24, 2.45) is 0 Å². The molecular weight excluding hydrogens is 597 g/mol. The third kappa shape index (κ3) is 7.61. The number of rotatable bonds is 4. The van der Waals surface area contributed by atoms with Gasteiger partial charge in [-0.3, -0.25) is 14.4 Å². The summed E-state index contributed by atoms with van der Waals surface area (Å²) in [5, 5.41) is 5.82. The molecule has 1 fully saturated rings. The normalized spacial score (nSPS) is 19.7. The Hall–Kier alpha value is -5.00. The van der Waals surface area contributed by atoms with Gasteiger partial charge in [0.1, 0.15) is 17.7 Å². The minimum Gasteiger partial charge on any atom is -0.493 e. The third-order valence-corrected chi connectivity index (χ3v) is 8.25. The first-order valence-electron chi connectivity index (χ1n) is 15.3. The lowest BCUT2D eigenvalue weighted by atomic mass is 10.00. The van der Waals surface area contributed by atoms with E-state index >= 15 is 0 Å². The first-order valence-corrected chi connectivity index (χ1v) is 15.3. The minimum atomic E-state index is -0.599. The van der Waals surface area contributed by atoms with E-state index in [1.54, 1.807) is 23.1 Å². The van der Waals surface area contributed by atoms with Gasteiger partial charge in [-0.2, -0.15) is 0 Å². The number of ether oxygens (including phenoxy) is 5. The molecule has 12 heteroatoms. The zero-order chi connectivity index (χ0) is 32.0. The van der Waals surface area contributed by atoms with Crippen molar-refractivity contribution in [1.82, 2.24) is 15.5 Å². The second kappa shape index (κ2) is 14.0. The molecular formula is C34H36FN3O8. The van der Waals surface area contributed by atoms with Crippen LogP contribution in [0.4, 0.5) is 4.39 Å². The van der Waals surface area contributed by atoms with Gasteiger partial charge in [0.2, 0.25) is 18.6 Å². The van der Waals surface area contributed by atoms with Crippen molar-refractivity contribution in [3.63, 3.8) is 0 Å². The summed E-state index contributed by atoms with van der Waals surface area (Å²) in [7, 11) is 1.51. The Morgan fingerprint density at radius 2 is 1.83 bits per heavy atom. The maximum atomic E-state index is 14.6. The number of nitrogens with one attached hydrogen (secondary N) is 2. The standard InChI is InChI=1S/C34H36FN3O8/c1-42-28-6-2-21-4-8-32(39)36-17-23-12-24(35)16-25(13-23)46-27-10-11-38(18-26(27)37-33(40)19-43-30(28)14-21)34(41)9-5-22-3-7-29-31(15-22)45-20-44-29/h2-3,6-7,12-16,26-27H,4-5,8-11,17-20H2,1H3,(H,36,39)(H,37,40)/t26-,27-/m1/s1. The van der Waals surface area contributed by atoms with Crippen LogP contribution in [0, 0.1) is 5.82 Å². The highest BCUT2D eigenvalue weighted by molar-refractivity contribution is 5.79. The molecule has 0 saturated carbocycles. The molecule has 46 heavy (non-hydrogen) atoms. The van der Waals surface area contributed by atoms with Crippen LogP contribution in [0.3, 0.4) is 0 Å². The second-order valence-electron chi connectivity index (χ2n) is 11.5. The molecule has 3 heterocycles. The molecule has 4 bridgehead atoms. The molecule has 0 radical (unpaired) electrons. The first kappa shape index (κ1) is 31.0. The van der Waals surface area contributed by atoms with Gasteiger partial charge in [0.05, 0.1) is 13.2 Å². The number of aryl methyl sites for hydroxylation is 2. The van der Waals surface area contributed by atoms with Crippen molar-refractivity contribution in [2.75, 3.05) is 33.6 Å². The summed E-state index contributed by atoms with van der Waals surface area (Å²) in [4.78, 5) is 40.8. The summed E-state index contributed by atoms with van der Waals surface area (Å²) in [5.74, 6) is 1.27. The molecule has 3 amide bonds. The molecule has 1 saturated heterocycles. The number of likely N-dealkylation sites (tertiary alicyclic amines) is 1. The van der Waals surface area contributed by atoms with Gasteiger partial charge < -0.3 is 39.2 Å². The Morgan fingerprint density at radius 1 is 0.957 bits per heavy atom. The van der Waals surface area contributed by atoms with E-state index in [9.17, 15) is 18.8 Å². The monoisotopic (exact) mass is 633 g/mol. The van der Waals surface area contributed by atoms with E-state index in [1.165, 1.54) is 19.2 Å². The van der Waals surface area contributed by atoms with Crippen molar-refractivity contribution in [3.8, 4) is 28.7 Å². The van der Waals surface area contributed by atoms with Gasteiger partial charge in [-0.25, -0.2) is 4.39 Å². The average Bonchev–Trinajstić information content (AvgIpc) is 3.52. The lowest BCUT2D eigenvalue weighted by Crippen LogP contribution is -2.58. The van der Waals surface area contributed by atoms with Gasteiger partial charge in [-0.05, 0) is 65.9 Å². The van der Waals surface area contributed by atoms with Crippen LogP contribution in [-0.2, 0) is 33.8 Å². The van der Waals surface area contributed by atoms with E-state index in [0.29, 0.717) is 54.4 Å². The number of hydrogen-bond acceptors (Lipinski definition) is 8. The SMILES string of the molecule is COc1ccc2cc1OCC(=O)N[C@@H]1CN(C(=O)CCc3ccc4c(c3)OCO4)CC[C@H]1Oc1cc(F)cc(c1)CNC(=O)CC2. The molecule has 3 aliphatic rings. The summed E-state index contributed by atoms with van der Waals surface area (Å²) in [6.45, 7) is 0.593.